The topological polar surface area (TPSA) is 123 Å². The number of H-pyrrole nitrogens is 1. The molecule has 0 radical (unpaired) electrons. The molecule has 0 spiro atoms. The van der Waals surface area contributed by atoms with Crippen molar-refractivity contribution in [1.29, 1.82) is 0 Å². The van der Waals surface area contributed by atoms with E-state index in [0.29, 0.717) is 6.61 Å². The van der Waals surface area contributed by atoms with Crippen LogP contribution < -0.4 is 11.2 Å². The second kappa shape index (κ2) is 10.5. The fraction of sp³-hybridized carbons (Fsp3) is 0.360. The normalized spacial score (nSPS) is 24.4. The lowest BCUT2D eigenvalue weighted by Crippen LogP contribution is -2.54. The van der Waals surface area contributed by atoms with Gasteiger partial charge in [-0.3, -0.25) is 14.3 Å². The van der Waals surface area contributed by atoms with E-state index in [9.17, 15) is 19.8 Å². The summed E-state index contributed by atoms with van der Waals surface area (Å²) >= 11 is 0. The highest BCUT2D eigenvalue weighted by atomic mass is 16.6. The molecule has 34 heavy (non-hydrogen) atoms. The highest BCUT2D eigenvalue weighted by molar-refractivity contribution is 5.15. The number of benzene rings is 2. The summed E-state index contributed by atoms with van der Waals surface area (Å²) in [5.41, 5.74) is -0.762. The molecule has 3 aromatic rings. The van der Waals surface area contributed by atoms with Crippen LogP contribution in [-0.4, -0.2) is 50.8 Å². The van der Waals surface area contributed by atoms with Crippen LogP contribution in [0.2, 0.25) is 0 Å². The lowest BCUT2D eigenvalue weighted by molar-refractivity contribution is -0.171. The molecule has 0 saturated carbocycles. The molecule has 4 atom stereocenters. The lowest BCUT2D eigenvalue weighted by Gasteiger charge is -2.34. The van der Waals surface area contributed by atoms with E-state index < -0.39 is 41.9 Å². The quantitative estimate of drug-likeness (QED) is 0.432. The average molecular weight is 469 g/mol. The molecule has 0 amide bonds. The van der Waals surface area contributed by atoms with Crippen molar-refractivity contribution in [2.24, 2.45) is 0 Å². The number of aromatic amines is 1. The van der Waals surface area contributed by atoms with E-state index in [4.69, 9.17) is 14.2 Å². The molecule has 1 aromatic heterocycles. The lowest BCUT2D eigenvalue weighted by atomic mass is 9.92. The molecule has 0 bridgehead atoms. The van der Waals surface area contributed by atoms with Gasteiger partial charge < -0.3 is 24.4 Å². The number of aliphatic hydroxyl groups is 2. The van der Waals surface area contributed by atoms with Gasteiger partial charge >= 0.3 is 5.69 Å². The number of hydrogen-bond donors (Lipinski definition) is 3. The van der Waals surface area contributed by atoms with Crippen LogP contribution in [0.1, 0.15) is 22.9 Å². The zero-order chi connectivity index (χ0) is 24.1. The maximum absolute atomic E-state index is 12.5. The van der Waals surface area contributed by atoms with Crippen LogP contribution in [0.4, 0.5) is 0 Å². The van der Waals surface area contributed by atoms with Gasteiger partial charge in [0.2, 0.25) is 0 Å². The van der Waals surface area contributed by atoms with Crippen molar-refractivity contribution in [3.05, 3.63) is 104 Å². The van der Waals surface area contributed by atoms with Crippen molar-refractivity contribution in [2.45, 2.75) is 44.2 Å². The molecule has 1 fully saturated rings. The Hall–Kier alpha value is -3.08. The molecular formula is C25H28N2O7. The van der Waals surface area contributed by atoms with E-state index in [1.807, 2.05) is 60.7 Å². The second-order valence-electron chi connectivity index (χ2n) is 8.33. The molecule has 9 nitrogen and oxygen atoms in total. The van der Waals surface area contributed by atoms with E-state index in [2.05, 4.69) is 4.98 Å². The molecule has 0 unspecified atom stereocenters. The third-order valence-corrected chi connectivity index (χ3v) is 6.02. The largest absolute Gasteiger partial charge is 0.393 e. The molecule has 180 valence electrons. The zero-order valence-electron chi connectivity index (χ0n) is 18.8. The van der Waals surface area contributed by atoms with Gasteiger partial charge in [-0.05, 0) is 18.1 Å². The standard InChI is InChI=1S/C25H28N2O7/c1-17-12-27(24(31)26-22(17)30)23-21(29)25(16-28,33-14-19-10-6-3-7-11-19)20(34-23)15-32-13-18-8-4-2-5-9-18/h2-12,20-21,23,28-29H,13-16H2,1H3,(H,26,30,31)/t20-,21+,23-,25-/m1/s1. The van der Waals surface area contributed by atoms with Crippen molar-refractivity contribution in [3.63, 3.8) is 0 Å². The van der Waals surface area contributed by atoms with Gasteiger partial charge in [-0.2, -0.15) is 0 Å². The van der Waals surface area contributed by atoms with Gasteiger partial charge in [0.25, 0.3) is 5.56 Å². The number of aromatic nitrogens is 2. The molecule has 1 aliphatic rings. The van der Waals surface area contributed by atoms with Crippen molar-refractivity contribution in [2.75, 3.05) is 13.2 Å². The number of aliphatic hydroxyl groups excluding tert-OH is 2. The summed E-state index contributed by atoms with van der Waals surface area (Å²) in [6, 6.07) is 18.9. The van der Waals surface area contributed by atoms with Crippen molar-refractivity contribution >= 4 is 0 Å². The molecule has 2 aromatic carbocycles. The van der Waals surface area contributed by atoms with Gasteiger partial charge in [-0.25, -0.2) is 4.79 Å². The van der Waals surface area contributed by atoms with Gasteiger partial charge in [0.05, 0.1) is 26.4 Å². The molecule has 0 aliphatic carbocycles. The Balaban J connectivity index is 1.61. The highest BCUT2D eigenvalue weighted by Gasteiger charge is 2.58. The molecule has 1 aliphatic heterocycles. The first-order chi connectivity index (χ1) is 16.4. The second-order valence-corrected chi connectivity index (χ2v) is 8.33. The van der Waals surface area contributed by atoms with Gasteiger partial charge in [-0.15, -0.1) is 0 Å². The maximum Gasteiger partial charge on any atom is 0.330 e. The molecule has 9 heteroatoms. The molecular weight excluding hydrogens is 440 g/mol. The summed E-state index contributed by atoms with van der Waals surface area (Å²) in [5.74, 6) is 0. The number of nitrogens with zero attached hydrogens (tertiary/aromatic N) is 1. The Morgan fingerprint density at radius 2 is 1.65 bits per heavy atom. The maximum atomic E-state index is 12.5. The fourth-order valence-electron chi connectivity index (χ4n) is 4.03. The Kier molecular flexibility index (Phi) is 7.40. The van der Waals surface area contributed by atoms with Gasteiger partial charge in [0.1, 0.15) is 17.8 Å². The van der Waals surface area contributed by atoms with Crippen LogP contribution in [0, 0.1) is 6.92 Å². The monoisotopic (exact) mass is 468 g/mol. The smallest absolute Gasteiger partial charge is 0.330 e. The number of rotatable bonds is 9. The predicted octanol–water partition coefficient (Wildman–Crippen LogP) is 1.27. The van der Waals surface area contributed by atoms with E-state index in [-0.39, 0.29) is 18.8 Å². The first kappa shape index (κ1) is 24.1. The SMILES string of the molecule is Cc1cn([C@@H]2O[C@H](COCc3ccccc3)[C@@](CO)(OCc3ccccc3)[C@H]2O)c(=O)[nH]c1=O. The Morgan fingerprint density at radius 3 is 2.26 bits per heavy atom. The summed E-state index contributed by atoms with van der Waals surface area (Å²) in [7, 11) is 0. The van der Waals surface area contributed by atoms with Crippen LogP contribution in [0.25, 0.3) is 0 Å². The molecule has 1 saturated heterocycles. The number of ether oxygens (including phenoxy) is 3. The summed E-state index contributed by atoms with van der Waals surface area (Å²) < 4.78 is 19.1. The molecule has 2 heterocycles. The minimum Gasteiger partial charge on any atom is -0.393 e. The van der Waals surface area contributed by atoms with Crippen LogP contribution in [-0.2, 0) is 27.4 Å². The van der Waals surface area contributed by atoms with Crippen molar-refractivity contribution in [3.8, 4) is 0 Å². The summed E-state index contributed by atoms with van der Waals surface area (Å²) in [6.45, 7) is 1.35. The average Bonchev–Trinajstić information content (AvgIpc) is 3.13. The van der Waals surface area contributed by atoms with Gasteiger partial charge in [-0.1, -0.05) is 60.7 Å². The van der Waals surface area contributed by atoms with Crippen LogP contribution >= 0.6 is 0 Å². The van der Waals surface area contributed by atoms with E-state index in [1.54, 1.807) is 6.92 Å². The van der Waals surface area contributed by atoms with Crippen molar-refractivity contribution in [1.82, 2.24) is 9.55 Å². The van der Waals surface area contributed by atoms with Crippen LogP contribution in [0.5, 0.6) is 0 Å². The zero-order valence-corrected chi connectivity index (χ0v) is 18.8. The van der Waals surface area contributed by atoms with Crippen LogP contribution in [0.15, 0.2) is 76.4 Å². The van der Waals surface area contributed by atoms with Crippen molar-refractivity contribution < 1.29 is 24.4 Å². The number of aryl methyl sites for hydroxylation is 1. The molecule has 3 N–H and O–H groups in total. The fourth-order valence-corrected chi connectivity index (χ4v) is 4.03. The molecule has 4 rings (SSSR count). The summed E-state index contributed by atoms with van der Waals surface area (Å²) in [6.07, 6.45) is -2.20. The Morgan fingerprint density at radius 1 is 1.03 bits per heavy atom. The van der Waals surface area contributed by atoms with E-state index in [1.165, 1.54) is 6.20 Å². The highest BCUT2D eigenvalue weighted by Crippen LogP contribution is 2.40. The first-order valence-electron chi connectivity index (χ1n) is 11.0. The van der Waals surface area contributed by atoms with Crippen LogP contribution in [0.3, 0.4) is 0 Å². The van der Waals surface area contributed by atoms with Gasteiger partial charge in [0, 0.05) is 11.8 Å². The minimum absolute atomic E-state index is 0.00507. The Bertz CT molecular complexity index is 1200. The van der Waals surface area contributed by atoms with E-state index >= 15 is 0 Å². The number of hydrogen-bond acceptors (Lipinski definition) is 7. The third kappa shape index (κ3) is 4.89. The summed E-state index contributed by atoms with van der Waals surface area (Å²) in [5, 5.41) is 21.7. The third-order valence-electron chi connectivity index (χ3n) is 6.02. The minimum atomic E-state index is -1.57. The predicted molar refractivity (Wildman–Crippen MR) is 123 cm³/mol. The summed E-state index contributed by atoms with van der Waals surface area (Å²) in [4.78, 5) is 26.5. The number of nitrogens with one attached hydrogen (secondary N) is 1. The van der Waals surface area contributed by atoms with Gasteiger partial charge in [0.15, 0.2) is 6.23 Å². The first-order valence-corrected chi connectivity index (χ1v) is 11.0. The Labute approximate surface area is 196 Å². The van der Waals surface area contributed by atoms with E-state index in [0.717, 1.165) is 15.7 Å².